The van der Waals surface area contributed by atoms with E-state index in [0.717, 1.165) is 36.3 Å². The van der Waals surface area contributed by atoms with Crippen LogP contribution in [0.2, 0.25) is 0 Å². The second kappa shape index (κ2) is 7.09. The van der Waals surface area contributed by atoms with E-state index in [-0.39, 0.29) is 12.4 Å². The first-order chi connectivity index (χ1) is 8.16. The van der Waals surface area contributed by atoms with Crippen molar-refractivity contribution in [1.82, 2.24) is 4.90 Å². The van der Waals surface area contributed by atoms with Gasteiger partial charge in [0.15, 0.2) is 0 Å². The summed E-state index contributed by atoms with van der Waals surface area (Å²) in [6.07, 6.45) is 0. The van der Waals surface area contributed by atoms with E-state index in [4.69, 9.17) is 9.84 Å². The van der Waals surface area contributed by atoms with Crippen LogP contribution in [0.5, 0.6) is 0 Å². The topological polar surface area (TPSA) is 49.8 Å². The minimum atomic E-state index is -0.874. The maximum absolute atomic E-state index is 11.1. The molecule has 18 heavy (non-hydrogen) atoms. The quantitative estimate of drug-likeness (QED) is 0.921. The van der Waals surface area contributed by atoms with E-state index < -0.39 is 5.97 Å². The molecule has 0 spiro atoms. The summed E-state index contributed by atoms with van der Waals surface area (Å²) in [6, 6.07) is 5.27. The van der Waals surface area contributed by atoms with Crippen molar-refractivity contribution in [2.45, 2.75) is 6.54 Å². The van der Waals surface area contributed by atoms with E-state index in [1.807, 2.05) is 6.07 Å². The minimum Gasteiger partial charge on any atom is -0.478 e. The predicted molar refractivity (Wildman–Crippen MR) is 74.4 cm³/mol. The Morgan fingerprint density at radius 2 is 2.06 bits per heavy atom. The Bertz CT molecular complexity index is 422. The van der Waals surface area contributed by atoms with Gasteiger partial charge in [-0.1, -0.05) is 15.9 Å². The Morgan fingerprint density at radius 1 is 1.39 bits per heavy atom. The fraction of sp³-hybridized carbons (Fsp3) is 0.417. The number of halogens is 2. The number of hydrogen-bond acceptors (Lipinski definition) is 3. The van der Waals surface area contributed by atoms with Gasteiger partial charge in [-0.2, -0.15) is 0 Å². The highest BCUT2D eigenvalue weighted by atomic mass is 79.9. The van der Waals surface area contributed by atoms with E-state index in [2.05, 4.69) is 20.8 Å². The van der Waals surface area contributed by atoms with Gasteiger partial charge in [0.25, 0.3) is 0 Å². The summed E-state index contributed by atoms with van der Waals surface area (Å²) >= 11 is 3.37. The molecule has 6 heteroatoms. The fourth-order valence-corrected chi connectivity index (χ4v) is 2.31. The summed E-state index contributed by atoms with van der Waals surface area (Å²) in [5, 5.41) is 9.13. The molecule has 0 radical (unpaired) electrons. The largest absolute Gasteiger partial charge is 0.478 e. The first kappa shape index (κ1) is 15.4. The molecule has 0 aromatic heterocycles. The molecule has 1 N–H and O–H groups in total. The Morgan fingerprint density at radius 3 is 2.67 bits per heavy atom. The number of carboxylic acids is 1. The molecule has 0 aliphatic carbocycles. The lowest BCUT2D eigenvalue weighted by Gasteiger charge is -2.27. The second-order valence-corrected chi connectivity index (χ2v) is 4.91. The predicted octanol–water partition coefficient (Wildman–Crippen LogP) is 2.40. The molecule has 1 fully saturated rings. The van der Waals surface area contributed by atoms with Crippen LogP contribution in [-0.2, 0) is 11.3 Å². The number of aromatic carboxylic acids is 1. The van der Waals surface area contributed by atoms with Crippen LogP contribution in [-0.4, -0.2) is 42.3 Å². The number of nitrogens with zero attached hydrogens (tertiary/aromatic N) is 1. The van der Waals surface area contributed by atoms with Gasteiger partial charge in [0.2, 0.25) is 0 Å². The molecule has 2 rings (SSSR count). The van der Waals surface area contributed by atoms with Gasteiger partial charge >= 0.3 is 5.97 Å². The van der Waals surface area contributed by atoms with E-state index in [9.17, 15) is 4.79 Å². The van der Waals surface area contributed by atoms with Crippen LogP contribution >= 0.6 is 28.3 Å². The van der Waals surface area contributed by atoms with Gasteiger partial charge in [-0.3, -0.25) is 4.90 Å². The number of morpholine rings is 1. The van der Waals surface area contributed by atoms with Crippen molar-refractivity contribution < 1.29 is 14.6 Å². The standard InChI is InChI=1S/C12H14BrNO3.ClH/c13-10-1-2-11(12(15)16)9(7-10)8-14-3-5-17-6-4-14;/h1-2,7H,3-6,8H2,(H,15,16);1H. The Hall–Kier alpha value is -0.620. The Balaban J connectivity index is 0.00000162. The zero-order chi connectivity index (χ0) is 12.3. The third-order valence-corrected chi connectivity index (χ3v) is 3.29. The lowest BCUT2D eigenvalue weighted by Crippen LogP contribution is -2.36. The normalized spacial score (nSPS) is 16.1. The van der Waals surface area contributed by atoms with Gasteiger partial charge in [-0.15, -0.1) is 12.4 Å². The maximum Gasteiger partial charge on any atom is 0.336 e. The van der Waals surface area contributed by atoms with Crippen molar-refractivity contribution >= 4 is 34.3 Å². The number of ether oxygens (including phenoxy) is 1. The first-order valence-electron chi connectivity index (χ1n) is 5.48. The number of benzene rings is 1. The van der Waals surface area contributed by atoms with Crippen molar-refractivity contribution in [1.29, 1.82) is 0 Å². The Labute approximate surface area is 120 Å². The highest BCUT2D eigenvalue weighted by Gasteiger charge is 2.15. The lowest BCUT2D eigenvalue weighted by molar-refractivity contribution is 0.0339. The Kier molecular flexibility index (Phi) is 6.08. The van der Waals surface area contributed by atoms with Crippen LogP contribution in [0.1, 0.15) is 15.9 Å². The van der Waals surface area contributed by atoms with Crippen LogP contribution in [0.15, 0.2) is 22.7 Å². The molecular formula is C12H15BrClNO3. The number of carboxylic acid groups (broad SMARTS) is 1. The highest BCUT2D eigenvalue weighted by Crippen LogP contribution is 2.19. The SMILES string of the molecule is Cl.O=C(O)c1ccc(Br)cc1CN1CCOCC1. The maximum atomic E-state index is 11.1. The van der Waals surface area contributed by atoms with Crippen LogP contribution in [0.4, 0.5) is 0 Å². The summed E-state index contributed by atoms with van der Waals surface area (Å²) < 4.78 is 6.18. The van der Waals surface area contributed by atoms with E-state index >= 15 is 0 Å². The average Bonchev–Trinajstić information content (AvgIpc) is 2.30. The molecular weight excluding hydrogens is 321 g/mol. The third-order valence-electron chi connectivity index (χ3n) is 2.80. The van der Waals surface area contributed by atoms with Crippen LogP contribution < -0.4 is 0 Å². The number of carbonyl (C=O) groups is 1. The molecule has 1 aromatic carbocycles. The molecule has 0 saturated carbocycles. The monoisotopic (exact) mass is 335 g/mol. The molecule has 1 aliphatic heterocycles. The van der Waals surface area contributed by atoms with Crippen LogP contribution in [0, 0.1) is 0 Å². The van der Waals surface area contributed by atoms with E-state index in [1.165, 1.54) is 0 Å². The molecule has 1 saturated heterocycles. The molecule has 0 unspecified atom stereocenters. The van der Waals surface area contributed by atoms with Crippen LogP contribution in [0.25, 0.3) is 0 Å². The lowest BCUT2D eigenvalue weighted by atomic mass is 10.1. The van der Waals surface area contributed by atoms with Crippen molar-refractivity contribution in [2.24, 2.45) is 0 Å². The van der Waals surface area contributed by atoms with Crippen molar-refractivity contribution in [3.05, 3.63) is 33.8 Å². The smallest absolute Gasteiger partial charge is 0.336 e. The third kappa shape index (κ3) is 3.95. The minimum absolute atomic E-state index is 0. The molecule has 1 aromatic rings. The number of hydrogen-bond donors (Lipinski definition) is 1. The fourth-order valence-electron chi connectivity index (χ4n) is 1.90. The molecule has 100 valence electrons. The molecule has 0 atom stereocenters. The van der Waals surface area contributed by atoms with E-state index in [1.54, 1.807) is 12.1 Å². The average molecular weight is 337 g/mol. The molecule has 1 heterocycles. The van der Waals surface area contributed by atoms with Gasteiger partial charge in [0.1, 0.15) is 0 Å². The number of rotatable bonds is 3. The summed E-state index contributed by atoms with van der Waals surface area (Å²) in [5.41, 5.74) is 1.22. The van der Waals surface area contributed by atoms with Crippen molar-refractivity contribution in [3.8, 4) is 0 Å². The second-order valence-electron chi connectivity index (χ2n) is 4.00. The van der Waals surface area contributed by atoms with Gasteiger partial charge in [-0.25, -0.2) is 4.79 Å². The summed E-state index contributed by atoms with van der Waals surface area (Å²) in [6.45, 7) is 3.80. The molecule has 4 nitrogen and oxygen atoms in total. The van der Waals surface area contributed by atoms with Crippen molar-refractivity contribution in [3.63, 3.8) is 0 Å². The molecule has 0 bridgehead atoms. The summed E-state index contributed by atoms with van der Waals surface area (Å²) in [5.74, 6) is -0.874. The van der Waals surface area contributed by atoms with Crippen molar-refractivity contribution in [2.75, 3.05) is 26.3 Å². The first-order valence-corrected chi connectivity index (χ1v) is 6.28. The van der Waals surface area contributed by atoms with Gasteiger partial charge in [0.05, 0.1) is 18.8 Å². The zero-order valence-corrected chi connectivity index (χ0v) is 12.2. The zero-order valence-electron chi connectivity index (χ0n) is 9.76. The van der Waals surface area contributed by atoms with Gasteiger partial charge in [0, 0.05) is 24.1 Å². The van der Waals surface area contributed by atoms with Gasteiger partial charge in [-0.05, 0) is 23.8 Å². The van der Waals surface area contributed by atoms with Gasteiger partial charge < -0.3 is 9.84 Å². The van der Waals surface area contributed by atoms with Crippen LogP contribution in [0.3, 0.4) is 0 Å². The van der Waals surface area contributed by atoms with E-state index in [0.29, 0.717) is 12.1 Å². The summed E-state index contributed by atoms with van der Waals surface area (Å²) in [4.78, 5) is 13.3. The summed E-state index contributed by atoms with van der Waals surface area (Å²) in [7, 11) is 0. The molecule has 1 aliphatic rings. The molecule has 0 amide bonds. The highest BCUT2D eigenvalue weighted by molar-refractivity contribution is 9.10.